The van der Waals surface area contributed by atoms with E-state index in [1.165, 1.54) is 0 Å². The molecule has 0 aliphatic carbocycles. The van der Waals surface area contributed by atoms with Gasteiger partial charge in [0.2, 0.25) is 0 Å². The lowest BCUT2D eigenvalue weighted by molar-refractivity contribution is 0.00230. The fraction of sp³-hybridized carbons (Fsp3) is 1.00. The van der Waals surface area contributed by atoms with Crippen molar-refractivity contribution in [2.24, 2.45) is 0 Å². The van der Waals surface area contributed by atoms with E-state index in [-0.39, 0.29) is 13.2 Å². The first-order valence-corrected chi connectivity index (χ1v) is 6.81. The highest BCUT2D eigenvalue weighted by Gasteiger charge is 1.89. The number of hydrogen-bond acceptors (Lipinski definition) is 6. The van der Waals surface area contributed by atoms with Crippen molar-refractivity contribution in [3.05, 3.63) is 0 Å². The van der Waals surface area contributed by atoms with Gasteiger partial charge >= 0.3 is 0 Å². The van der Waals surface area contributed by atoms with Crippen LogP contribution in [0.5, 0.6) is 0 Å². The van der Waals surface area contributed by atoms with Crippen LogP contribution in [0.25, 0.3) is 0 Å². The molecule has 0 aliphatic rings. The highest BCUT2D eigenvalue weighted by atomic mass is 32.2. The summed E-state index contributed by atoms with van der Waals surface area (Å²) in [6.07, 6.45) is 4.08. The smallest absolute Gasteiger partial charge is 0.0701 e. The van der Waals surface area contributed by atoms with Crippen LogP contribution >= 0.6 is 11.8 Å². The first kappa shape index (κ1) is 18.5. The van der Waals surface area contributed by atoms with Gasteiger partial charge in [0, 0.05) is 0 Å². The zero-order valence-electron chi connectivity index (χ0n) is 10.2. The lowest BCUT2D eigenvalue weighted by atomic mass is 10.7. The van der Waals surface area contributed by atoms with Crippen LogP contribution in [0.15, 0.2) is 0 Å². The number of ether oxygens (including phenoxy) is 3. The number of thioether (sulfide) groups is 1. The predicted molar refractivity (Wildman–Crippen MR) is 66.1 cm³/mol. The summed E-state index contributed by atoms with van der Waals surface area (Å²) in [5.41, 5.74) is 0. The minimum absolute atomic E-state index is 0.0413. The maximum atomic E-state index is 8.36. The van der Waals surface area contributed by atoms with Gasteiger partial charge in [-0.05, 0) is 12.5 Å². The van der Waals surface area contributed by atoms with E-state index in [0.29, 0.717) is 39.6 Å². The van der Waals surface area contributed by atoms with Gasteiger partial charge in [-0.15, -0.1) is 0 Å². The molecule has 16 heavy (non-hydrogen) atoms. The number of hydrogen-bond donors (Lipinski definition) is 2. The summed E-state index contributed by atoms with van der Waals surface area (Å²) in [6, 6.07) is 0. The quantitative estimate of drug-likeness (QED) is 0.536. The van der Waals surface area contributed by atoms with Crippen molar-refractivity contribution >= 4 is 11.8 Å². The van der Waals surface area contributed by atoms with E-state index >= 15 is 0 Å². The Morgan fingerprint density at radius 2 is 0.938 bits per heavy atom. The molecular weight excluding hydrogens is 232 g/mol. The highest BCUT2D eigenvalue weighted by Crippen LogP contribution is 1.80. The van der Waals surface area contributed by atoms with Crippen LogP contribution in [0.3, 0.4) is 0 Å². The van der Waals surface area contributed by atoms with Gasteiger partial charge in [0.25, 0.3) is 0 Å². The molecular formula is C10H24O5S. The van der Waals surface area contributed by atoms with E-state index in [9.17, 15) is 0 Å². The maximum absolute atomic E-state index is 8.36. The lowest BCUT2D eigenvalue weighted by Gasteiger charge is -2.04. The summed E-state index contributed by atoms with van der Waals surface area (Å²) >= 11 is 1.75. The average Bonchev–Trinajstić information content (AvgIpc) is 2.28. The monoisotopic (exact) mass is 256 g/mol. The molecule has 0 aromatic heterocycles. The lowest BCUT2D eigenvalue weighted by Crippen LogP contribution is -2.11. The molecule has 0 amide bonds. The van der Waals surface area contributed by atoms with Crippen molar-refractivity contribution in [2.45, 2.75) is 0 Å². The van der Waals surface area contributed by atoms with E-state index < -0.39 is 0 Å². The second-order valence-corrected chi connectivity index (χ2v) is 3.51. The Balaban J connectivity index is 0. The zero-order chi connectivity index (χ0) is 12.5. The topological polar surface area (TPSA) is 68.2 Å². The van der Waals surface area contributed by atoms with Crippen LogP contribution in [0, 0.1) is 0 Å². The molecule has 5 nitrogen and oxygen atoms in total. The highest BCUT2D eigenvalue weighted by molar-refractivity contribution is 7.97. The number of aliphatic hydroxyl groups excluding tert-OH is 2. The van der Waals surface area contributed by atoms with Gasteiger partial charge in [-0.3, -0.25) is 0 Å². The Labute approximate surface area is 102 Å². The Bertz CT molecular complexity index is 95.2. The van der Waals surface area contributed by atoms with E-state index in [4.69, 9.17) is 24.4 Å². The molecule has 0 unspecified atom stereocenters. The van der Waals surface area contributed by atoms with Crippen molar-refractivity contribution in [3.63, 3.8) is 0 Å². The second-order valence-electron chi connectivity index (χ2n) is 2.69. The summed E-state index contributed by atoms with van der Waals surface area (Å²) < 4.78 is 15.0. The molecule has 0 rings (SSSR count). The third kappa shape index (κ3) is 23.8. The van der Waals surface area contributed by atoms with E-state index in [1.54, 1.807) is 11.8 Å². The summed E-state index contributed by atoms with van der Waals surface area (Å²) in [5, 5.41) is 16.7. The first-order chi connectivity index (χ1) is 7.83. The summed E-state index contributed by atoms with van der Waals surface area (Å²) in [7, 11) is 0. The molecule has 100 valence electrons. The SMILES string of the molecule is CSC.OCCOCCOCCOCCO. The van der Waals surface area contributed by atoms with Gasteiger partial charge < -0.3 is 24.4 Å². The summed E-state index contributed by atoms with van der Waals surface area (Å²) in [4.78, 5) is 0. The van der Waals surface area contributed by atoms with Crippen LogP contribution in [0.1, 0.15) is 0 Å². The van der Waals surface area contributed by atoms with Crippen LogP contribution in [-0.4, -0.2) is 75.6 Å². The molecule has 2 N–H and O–H groups in total. The summed E-state index contributed by atoms with van der Waals surface area (Å²) in [6.45, 7) is 2.76. The van der Waals surface area contributed by atoms with Gasteiger partial charge in [0.15, 0.2) is 0 Å². The molecule has 0 bridgehead atoms. The summed E-state index contributed by atoms with van der Waals surface area (Å²) in [5.74, 6) is 0. The fourth-order valence-corrected chi connectivity index (χ4v) is 0.671. The van der Waals surface area contributed by atoms with Gasteiger partial charge in [-0.25, -0.2) is 0 Å². The molecule has 0 fully saturated rings. The molecule has 6 heteroatoms. The molecule has 0 heterocycles. The minimum Gasteiger partial charge on any atom is -0.394 e. The molecule has 0 aromatic rings. The molecule has 0 saturated carbocycles. The first-order valence-electron chi connectivity index (χ1n) is 5.18. The molecule has 0 radical (unpaired) electrons. The molecule has 0 spiro atoms. The van der Waals surface area contributed by atoms with Crippen LogP contribution in [0.4, 0.5) is 0 Å². The average molecular weight is 256 g/mol. The van der Waals surface area contributed by atoms with E-state index in [0.717, 1.165) is 0 Å². The Morgan fingerprint density at radius 3 is 1.19 bits per heavy atom. The van der Waals surface area contributed by atoms with Crippen molar-refractivity contribution in [1.82, 2.24) is 0 Å². The van der Waals surface area contributed by atoms with E-state index in [1.807, 2.05) is 12.5 Å². The zero-order valence-corrected chi connectivity index (χ0v) is 11.0. The van der Waals surface area contributed by atoms with Crippen LogP contribution in [0.2, 0.25) is 0 Å². The Morgan fingerprint density at radius 1 is 0.688 bits per heavy atom. The Hall–Kier alpha value is 0.150. The fourth-order valence-electron chi connectivity index (χ4n) is 0.671. The van der Waals surface area contributed by atoms with Crippen molar-refractivity contribution in [1.29, 1.82) is 0 Å². The number of aliphatic hydroxyl groups is 2. The van der Waals surface area contributed by atoms with Gasteiger partial charge in [-0.1, -0.05) is 0 Å². The van der Waals surface area contributed by atoms with Crippen molar-refractivity contribution < 1.29 is 24.4 Å². The minimum atomic E-state index is 0.0413. The molecule has 0 atom stereocenters. The largest absolute Gasteiger partial charge is 0.394 e. The normalized spacial score (nSPS) is 9.75. The van der Waals surface area contributed by atoms with E-state index in [2.05, 4.69) is 0 Å². The second kappa shape index (κ2) is 20.5. The van der Waals surface area contributed by atoms with Crippen molar-refractivity contribution in [3.8, 4) is 0 Å². The maximum Gasteiger partial charge on any atom is 0.0701 e. The van der Waals surface area contributed by atoms with Gasteiger partial charge in [-0.2, -0.15) is 11.8 Å². The Kier molecular flexibility index (Phi) is 23.8. The van der Waals surface area contributed by atoms with Crippen LogP contribution in [-0.2, 0) is 14.2 Å². The molecule has 0 aromatic carbocycles. The number of rotatable bonds is 10. The third-order valence-electron chi connectivity index (χ3n) is 1.22. The van der Waals surface area contributed by atoms with Crippen LogP contribution < -0.4 is 0 Å². The molecule has 0 saturated heterocycles. The van der Waals surface area contributed by atoms with Gasteiger partial charge in [0.1, 0.15) is 0 Å². The van der Waals surface area contributed by atoms with Gasteiger partial charge in [0.05, 0.1) is 52.9 Å². The van der Waals surface area contributed by atoms with Crippen molar-refractivity contribution in [2.75, 3.05) is 65.4 Å². The standard InChI is InChI=1S/C8H18O5.C2H6S/c9-1-3-11-5-7-13-8-6-12-4-2-10;1-3-2/h9-10H,1-8H2;1-2H3. The third-order valence-corrected chi connectivity index (χ3v) is 1.22. The predicted octanol–water partition coefficient (Wildman–Crippen LogP) is -0.000000000000000167. The molecule has 0 aliphatic heterocycles.